The highest BCUT2D eigenvalue weighted by atomic mass is 16.5. The van der Waals surface area contributed by atoms with Crippen LogP contribution in [0.5, 0.6) is 5.75 Å². The predicted molar refractivity (Wildman–Crippen MR) is 138 cm³/mol. The van der Waals surface area contributed by atoms with Crippen LogP contribution in [0.15, 0.2) is 52.9 Å². The number of para-hydroxylation sites is 2. The Bertz CT molecular complexity index is 1340. The second-order valence-corrected chi connectivity index (χ2v) is 9.34. The number of hydrogen-bond donors (Lipinski definition) is 2. The van der Waals surface area contributed by atoms with Crippen LogP contribution < -0.4 is 20.3 Å². The first-order chi connectivity index (χ1) is 17.0. The van der Waals surface area contributed by atoms with Crippen LogP contribution in [0.2, 0.25) is 0 Å². The van der Waals surface area contributed by atoms with Crippen molar-refractivity contribution in [3.05, 3.63) is 54.3 Å². The summed E-state index contributed by atoms with van der Waals surface area (Å²) in [6, 6.07) is 15.8. The minimum atomic E-state index is -0.190. The highest BCUT2D eigenvalue weighted by Crippen LogP contribution is 2.30. The number of amides is 1. The summed E-state index contributed by atoms with van der Waals surface area (Å²) in [5.41, 5.74) is 1.54. The fraction of sp³-hybridized carbons (Fsp3) is 0.370. The van der Waals surface area contributed by atoms with Crippen LogP contribution in [-0.4, -0.2) is 49.7 Å². The molecule has 8 heteroatoms. The normalized spacial score (nSPS) is 17.9. The summed E-state index contributed by atoms with van der Waals surface area (Å²) in [5.74, 6) is 2.77. The molecule has 0 radical (unpaired) electrons. The molecule has 0 saturated heterocycles. The lowest BCUT2D eigenvalue weighted by atomic mass is 9.86. The zero-order valence-corrected chi connectivity index (χ0v) is 20.4. The molecule has 0 aliphatic heterocycles. The molecule has 35 heavy (non-hydrogen) atoms. The zero-order valence-electron chi connectivity index (χ0n) is 20.4. The number of rotatable bonds is 7. The summed E-state index contributed by atoms with van der Waals surface area (Å²) >= 11 is 0. The summed E-state index contributed by atoms with van der Waals surface area (Å²) in [5, 5.41) is 8.49. The lowest BCUT2D eigenvalue weighted by molar-refractivity contribution is 0.0917. The summed E-state index contributed by atoms with van der Waals surface area (Å²) in [6.07, 6.45) is 4.08. The third kappa shape index (κ3) is 4.87. The molecule has 2 aromatic heterocycles. The third-order valence-electron chi connectivity index (χ3n) is 6.69. The fourth-order valence-corrected chi connectivity index (χ4v) is 4.79. The van der Waals surface area contributed by atoms with E-state index in [1.54, 1.807) is 13.2 Å². The summed E-state index contributed by atoms with van der Waals surface area (Å²) in [7, 11) is 5.59. The van der Waals surface area contributed by atoms with Crippen LogP contribution >= 0.6 is 0 Å². The molecule has 1 aliphatic carbocycles. The molecule has 1 fully saturated rings. The number of fused-ring (bicyclic) bond motifs is 2. The molecule has 8 nitrogen and oxygen atoms in total. The first-order valence-corrected chi connectivity index (χ1v) is 12.1. The van der Waals surface area contributed by atoms with Gasteiger partial charge >= 0.3 is 0 Å². The maximum Gasteiger partial charge on any atom is 0.287 e. The van der Waals surface area contributed by atoms with Crippen LogP contribution in [0.3, 0.4) is 0 Å². The van der Waals surface area contributed by atoms with Gasteiger partial charge in [0.1, 0.15) is 5.82 Å². The molecule has 5 rings (SSSR count). The number of benzene rings is 2. The number of nitrogens with zero attached hydrogens (tertiary/aromatic N) is 3. The standard InChI is InChI=1S/C27H31N5O3/c1-32(2)25-20-8-4-5-9-21(20)30-27(31-25)29-19-13-11-17(12-14-19)16-28-26(33)23-15-18-7-6-10-22(34-3)24(18)35-23/h4-10,15,17,19H,11-14,16H2,1-3H3,(H,28,33)(H,29,30,31). The average Bonchev–Trinajstić information content (AvgIpc) is 3.32. The molecule has 2 N–H and O–H groups in total. The van der Waals surface area contributed by atoms with Gasteiger partial charge < -0.3 is 24.7 Å². The van der Waals surface area contributed by atoms with Gasteiger partial charge in [0.2, 0.25) is 5.95 Å². The summed E-state index contributed by atoms with van der Waals surface area (Å²) in [6.45, 7) is 0.636. The quantitative estimate of drug-likeness (QED) is 0.396. The number of furan rings is 1. The van der Waals surface area contributed by atoms with Crippen molar-refractivity contribution in [1.82, 2.24) is 15.3 Å². The van der Waals surface area contributed by atoms with E-state index >= 15 is 0 Å². The monoisotopic (exact) mass is 473 g/mol. The van der Waals surface area contributed by atoms with E-state index < -0.39 is 0 Å². The Morgan fingerprint density at radius 3 is 2.66 bits per heavy atom. The van der Waals surface area contributed by atoms with Gasteiger partial charge in [-0.2, -0.15) is 4.98 Å². The summed E-state index contributed by atoms with van der Waals surface area (Å²) in [4.78, 5) is 24.2. The number of ether oxygens (including phenoxy) is 1. The Morgan fingerprint density at radius 1 is 1.09 bits per heavy atom. The van der Waals surface area contributed by atoms with Gasteiger partial charge in [-0.1, -0.05) is 24.3 Å². The predicted octanol–water partition coefficient (Wildman–Crippen LogP) is 4.85. The maximum atomic E-state index is 12.7. The van der Waals surface area contributed by atoms with Crippen LogP contribution in [0.4, 0.5) is 11.8 Å². The van der Waals surface area contributed by atoms with Gasteiger partial charge in [0, 0.05) is 37.5 Å². The van der Waals surface area contributed by atoms with Gasteiger partial charge in [-0.3, -0.25) is 4.79 Å². The molecular formula is C27H31N5O3. The molecule has 0 bridgehead atoms. The second-order valence-electron chi connectivity index (χ2n) is 9.34. The number of aromatic nitrogens is 2. The van der Waals surface area contributed by atoms with Gasteiger partial charge in [-0.15, -0.1) is 0 Å². The Balaban J connectivity index is 1.16. The number of anilines is 2. The van der Waals surface area contributed by atoms with Crippen LogP contribution in [0.25, 0.3) is 21.9 Å². The summed E-state index contributed by atoms with van der Waals surface area (Å²) < 4.78 is 11.1. The molecule has 1 amide bonds. The molecule has 2 aromatic carbocycles. The maximum absolute atomic E-state index is 12.7. The van der Waals surface area contributed by atoms with Crippen LogP contribution in [0, 0.1) is 5.92 Å². The van der Waals surface area contributed by atoms with E-state index in [-0.39, 0.29) is 5.91 Å². The molecule has 0 spiro atoms. The van der Waals surface area contributed by atoms with Gasteiger partial charge in [0.25, 0.3) is 5.91 Å². The number of carbonyl (C=O) groups excluding carboxylic acids is 1. The smallest absolute Gasteiger partial charge is 0.287 e. The molecule has 2 heterocycles. The van der Waals surface area contributed by atoms with Crippen molar-refractivity contribution in [1.29, 1.82) is 0 Å². The topological polar surface area (TPSA) is 92.5 Å². The lowest BCUT2D eigenvalue weighted by Crippen LogP contribution is -2.34. The van der Waals surface area contributed by atoms with E-state index in [9.17, 15) is 4.79 Å². The van der Waals surface area contributed by atoms with Gasteiger partial charge in [0.15, 0.2) is 17.1 Å². The van der Waals surface area contributed by atoms with Crippen molar-refractivity contribution in [3.63, 3.8) is 0 Å². The van der Waals surface area contributed by atoms with Crippen molar-refractivity contribution in [2.45, 2.75) is 31.7 Å². The lowest BCUT2D eigenvalue weighted by Gasteiger charge is -2.29. The Hall–Kier alpha value is -3.81. The van der Waals surface area contributed by atoms with E-state index in [1.165, 1.54) is 0 Å². The number of carbonyl (C=O) groups is 1. The number of hydrogen-bond acceptors (Lipinski definition) is 7. The van der Waals surface area contributed by atoms with Gasteiger partial charge in [-0.05, 0) is 55.9 Å². The fourth-order valence-electron chi connectivity index (χ4n) is 4.79. The first kappa shape index (κ1) is 23.0. The molecular weight excluding hydrogens is 442 g/mol. The zero-order chi connectivity index (χ0) is 24.4. The molecule has 0 atom stereocenters. The molecule has 0 unspecified atom stereocenters. The number of methoxy groups -OCH3 is 1. The minimum absolute atomic E-state index is 0.190. The largest absolute Gasteiger partial charge is 0.493 e. The van der Waals surface area contributed by atoms with E-state index in [0.29, 0.717) is 41.5 Å². The molecule has 182 valence electrons. The van der Waals surface area contributed by atoms with Crippen molar-refractivity contribution in [2.75, 3.05) is 38.0 Å². The molecule has 1 aliphatic rings. The Morgan fingerprint density at radius 2 is 1.89 bits per heavy atom. The van der Waals surface area contributed by atoms with Crippen molar-refractivity contribution in [2.24, 2.45) is 5.92 Å². The average molecular weight is 474 g/mol. The SMILES string of the molecule is COc1cccc2cc(C(=O)NCC3CCC(Nc4nc(N(C)C)c5ccccc5n4)CC3)oc12. The Labute approximate surface area is 204 Å². The van der Waals surface area contributed by atoms with Crippen LogP contribution in [0.1, 0.15) is 36.2 Å². The van der Waals surface area contributed by atoms with Gasteiger partial charge in [-0.25, -0.2) is 4.98 Å². The number of nitrogens with one attached hydrogen (secondary N) is 2. The van der Waals surface area contributed by atoms with E-state index in [4.69, 9.17) is 19.1 Å². The highest BCUT2D eigenvalue weighted by Gasteiger charge is 2.23. The van der Waals surface area contributed by atoms with Crippen molar-refractivity contribution < 1.29 is 13.9 Å². The van der Waals surface area contributed by atoms with E-state index in [0.717, 1.165) is 47.8 Å². The minimum Gasteiger partial charge on any atom is -0.493 e. The van der Waals surface area contributed by atoms with Gasteiger partial charge in [0.05, 0.1) is 12.6 Å². The van der Waals surface area contributed by atoms with Crippen LogP contribution in [-0.2, 0) is 0 Å². The van der Waals surface area contributed by atoms with Crippen molar-refractivity contribution >= 4 is 39.5 Å². The van der Waals surface area contributed by atoms with E-state index in [2.05, 4.69) is 16.7 Å². The molecule has 4 aromatic rings. The highest BCUT2D eigenvalue weighted by molar-refractivity contribution is 5.97. The molecule has 1 saturated carbocycles. The second kappa shape index (κ2) is 9.82. The Kier molecular flexibility index (Phi) is 6.44. The first-order valence-electron chi connectivity index (χ1n) is 12.1. The van der Waals surface area contributed by atoms with Crippen molar-refractivity contribution in [3.8, 4) is 5.75 Å². The van der Waals surface area contributed by atoms with E-state index in [1.807, 2.05) is 55.4 Å². The third-order valence-corrected chi connectivity index (χ3v) is 6.69.